The van der Waals surface area contributed by atoms with E-state index in [1.54, 1.807) is 6.07 Å². The van der Waals surface area contributed by atoms with Crippen LogP contribution in [0.5, 0.6) is 0 Å². The van der Waals surface area contributed by atoms with E-state index in [1.165, 1.54) is 6.42 Å². The summed E-state index contributed by atoms with van der Waals surface area (Å²) < 4.78 is 14.0. The SMILES string of the molecule is C[C@@H]1CCCN(c2ccc([C@@H](C)N)cc2F)C1. The van der Waals surface area contributed by atoms with Gasteiger partial charge in [-0.2, -0.15) is 0 Å². The largest absolute Gasteiger partial charge is 0.369 e. The molecule has 0 aromatic heterocycles. The van der Waals surface area contributed by atoms with Gasteiger partial charge in [0, 0.05) is 19.1 Å². The Hall–Kier alpha value is -1.09. The van der Waals surface area contributed by atoms with E-state index in [4.69, 9.17) is 5.73 Å². The zero-order valence-corrected chi connectivity index (χ0v) is 10.6. The molecule has 2 N–H and O–H groups in total. The molecule has 2 rings (SSSR count). The summed E-state index contributed by atoms with van der Waals surface area (Å²) in [6.45, 7) is 6.00. The fraction of sp³-hybridized carbons (Fsp3) is 0.571. The highest BCUT2D eigenvalue weighted by Crippen LogP contribution is 2.27. The fourth-order valence-electron chi connectivity index (χ4n) is 2.47. The summed E-state index contributed by atoms with van der Waals surface area (Å²) in [5.74, 6) is 0.505. The van der Waals surface area contributed by atoms with E-state index in [0.717, 1.165) is 30.8 Å². The van der Waals surface area contributed by atoms with E-state index in [9.17, 15) is 4.39 Å². The highest BCUT2D eigenvalue weighted by atomic mass is 19.1. The van der Waals surface area contributed by atoms with Crippen LogP contribution in [0.15, 0.2) is 18.2 Å². The van der Waals surface area contributed by atoms with Crippen LogP contribution >= 0.6 is 0 Å². The molecule has 3 heteroatoms. The van der Waals surface area contributed by atoms with Gasteiger partial charge in [0.05, 0.1) is 5.69 Å². The van der Waals surface area contributed by atoms with Crippen LogP contribution in [0.3, 0.4) is 0 Å². The van der Waals surface area contributed by atoms with E-state index in [2.05, 4.69) is 11.8 Å². The molecule has 17 heavy (non-hydrogen) atoms. The highest BCUT2D eigenvalue weighted by Gasteiger charge is 2.19. The number of piperidine rings is 1. The minimum atomic E-state index is -0.145. The van der Waals surface area contributed by atoms with Crippen molar-refractivity contribution in [2.75, 3.05) is 18.0 Å². The van der Waals surface area contributed by atoms with Gasteiger partial charge in [0.1, 0.15) is 5.82 Å². The van der Waals surface area contributed by atoms with Crippen LogP contribution in [0, 0.1) is 11.7 Å². The van der Waals surface area contributed by atoms with Gasteiger partial charge in [-0.25, -0.2) is 4.39 Å². The summed E-state index contributed by atoms with van der Waals surface area (Å²) in [5.41, 5.74) is 7.33. The van der Waals surface area contributed by atoms with Crippen LogP contribution in [0.25, 0.3) is 0 Å². The zero-order chi connectivity index (χ0) is 12.4. The summed E-state index contributed by atoms with van der Waals surface area (Å²) in [4.78, 5) is 2.15. The summed E-state index contributed by atoms with van der Waals surface area (Å²) in [5, 5.41) is 0. The molecule has 2 atom stereocenters. The minimum absolute atomic E-state index is 0.112. The molecule has 0 aliphatic carbocycles. The number of anilines is 1. The van der Waals surface area contributed by atoms with E-state index in [-0.39, 0.29) is 11.9 Å². The lowest BCUT2D eigenvalue weighted by molar-refractivity contribution is 0.442. The Kier molecular flexibility index (Phi) is 3.67. The van der Waals surface area contributed by atoms with Gasteiger partial charge < -0.3 is 10.6 Å². The normalized spacial score (nSPS) is 22.6. The quantitative estimate of drug-likeness (QED) is 0.855. The van der Waals surface area contributed by atoms with Crippen LogP contribution < -0.4 is 10.6 Å². The van der Waals surface area contributed by atoms with Crippen molar-refractivity contribution in [2.24, 2.45) is 11.7 Å². The molecule has 0 unspecified atom stereocenters. The van der Waals surface area contributed by atoms with Crippen molar-refractivity contribution in [2.45, 2.75) is 32.7 Å². The van der Waals surface area contributed by atoms with Gasteiger partial charge in [-0.05, 0) is 43.4 Å². The molecule has 2 nitrogen and oxygen atoms in total. The van der Waals surface area contributed by atoms with Gasteiger partial charge >= 0.3 is 0 Å². The Bertz CT molecular complexity index is 390. The Morgan fingerprint density at radius 3 is 2.82 bits per heavy atom. The smallest absolute Gasteiger partial charge is 0.146 e. The number of hydrogen-bond acceptors (Lipinski definition) is 2. The molecule has 0 radical (unpaired) electrons. The number of benzene rings is 1. The third kappa shape index (κ3) is 2.78. The number of rotatable bonds is 2. The molecular weight excluding hydrogens is 215 g/mol. The number of hydrogen-bond donors (Lipinski definition) is 1. The van der Waals surface area contributed by atoms with E-state index >= 15 is 0 Å². The first-order valence-electron chi connectivity index (χ1n) is 6.38. The maximum absolute atomic E-state index is 14.0. The van der Waals surface area contributed by atoms with Crippen molar-refractivity contribution in [3.8, 4) is 0 Å². The van der Waals surface area contributed by atoms with Gasteiger partial charge in [-0.15, -0.1) is 0 Å². The Balaban J connectivity index is 2.21. The Morgan fingerprint density at radius 1 is 1.47 bits per heavy atom. The second kappa shape index (κ2) is 5.05. The van der Waals surface area contributed by atoms with Crippen molar-refractivity contribution >= 4 is 5.69 Å². The molecule has 1 aromatic rings. The van der Waals surface area contributed by atoms with Gasteiger partial charge in [0.15, 0.2) is 0 Å². The first kappa shape index (κ1) is 12.4. The second-order valence-electron chi connectivity index (χ2n) is 5.19. The van der Waals surface area contributed by atoms with Gasteiger partial charge in [0.2, 0.25) is 0 Å². The number of nitrogens with two attached hydrogens (primary N) is 1. The van der Waals surface area contributed by atoms with Gasteiger partial charge in [-0.3, -0.25) is 0 Å². The monoisotopic (exact) mass is 236 g/mol. The third-order valence-electron chi connectivity index (χ3n) is 3.50. The molecule has 1 aliphatic rings. The minimum Gasteiger partial charge on any atom is -0.369 e. The summed E-state index contributed by atoms with van der Waals surface area (Å²) in [6, 6.07) is 5.26. The van der Waals surface area contributed by atoms with E-state index in [0.29, 0.717) is 5.92 Å². The molecule has 1 heterocycles. The maximum atomic E-state index is 14.0. The molecule has 1 saturated heterocycles. The molecule has 1 fully saturated rings. The molecule has 0 spiro atoms. The lowest BCUT2D eigenvalue weighted by Gasteiger charge is -2.33. The fourth-order valence-corrected chi connectivity index (χ4v) is 2.47. The summed E-state index contributed by atoms with van der Waals surface area (Å²) >= 11 is 0. The molecule has 1 aliphatic heterocycles. The first-order valence-corrected chi connectivity index (χ1v) is 6.38. The molecule has 0 saturated carbocycles. The van der Waals surface area contributed by atoms with Crippen LogP contribution in [-0.2, 0) is 0 Å². The number of halogens is 1. The molecule has 0 bridgehead atoms. The lowest BCUT2D eigenvalue weighted by Crippen LogP contribution is -2.34. The summed E-state index contributed by atoms with van der Waals surface area (Å²) in [6.07, 6.45) is 2.39. The van der Waals surface area contributed by atoms with Crippen LogP contribution in [0.1, 0.15) is 38.3 Å². The highest BCUT2D eigenvalue weighted by molar-refractivity contribution is 5.50. The first-order chi connectivity index (χ1) is 8.08. The van der Waals surface area contributed by atoms with Crippen molar-refractivity contribution in [1.29, 1.82) is 0 Å². The van der Waals surface area contributed by atoms with E-state index in [1.807, 2.05) is 19.1 Å². The molecular formula is C14H21FN2. The van der Waals surface area contributed by atoms with Crippen LogP contribution in [0.4, 0.5) is 10.1 Å². The maximum Gasteiger partial charge on any atom is 0.146 e. The zero-order valence-electron chi connectivity index (χ0n) is 10.6. The van der Waals surface area contributed by atoms with Gasteiger partial charge in [-0.1, -0.05) is 13.0 Å². The average Bonchev–Trinajstić information content (AvgIpc) is 2.28. The third-order valence-corrected chi connectivity index (χ3v) is 3.50. The molecule has 0 amide bonds. The molecule has 1 aromatic carbocycles. The predicted molar refractivity (Wildman–Crippen MR) is 69.6 cm³/mol. The topological polar surface area (TPSA) is 29.3 Å². The summed E-state index contributed by atoms with van der Waals surface area (Å²) in [7, 11) is 0. The lowest BCUT2D eigenvalue weighted by atomic mass is 9.99. The molecule has 94 valence electrons. The predicted octanol–water partition coefficient (Wildman–Crippen LogP) is 3.08. The Labute approximate surface area is 103 Å². The van der Waals surface area contributed by atoms with Crippen molar-refractivity contribution in [3.05, 3.63) is 29.6 Å². The van der Waals surface area contributed by atoms with E-state index < -0.39 is 0 Å². The van der Waals surface area contributed by atoms with Crippen LogP contribution in [0.2, 0.25) is 0 Å². The van der Waals surface area contributed by atoms with Crippen molar-refractivity contribution < 1.29 is 4.39 Å². The van der Waals surface area contributed by atoms with Gasteiger partial charge in [0.25, 0.3) is 0 Å². The number of nitrogens with zero attached hydrogens (tertiary/aromatic N) is 1. The van der Waals surface area contributed by atoms with Crippen molar-refractivity contribution in [1.82, 2.24) is 0 Å². The van der Waals surface area contributed by atoms with Crippen molar-refractivity contribution in [3.63, 3.8) is 0 Å². The standard InChI is InChI=1S/C14H21FN2/c1-10-4-3-7-17(9-10)14-6-5-12(11(2)16)8-13(14)15/h5-6,8,10-11H,3-4,7,9,16H2,1-2H3/t10-,11-/m1/s1. The second-order valence-corrected chi connectivity index (χ2v) is 5.19. The van der Waals surface area contributed by atoms with Crippen LogP contribution in [-0.4, -0.2) is 13.1 Å². The average molecular weight is 236 g/mol. The Morgan fingerprint density at radius 2 is 2.24 bits per heavy atom.